The molecule has 0 saturated carbocycles. The van der Waals surface area contributed by atoms with Gasteiger partial charge in [-0.25, -0.2) is 0 Å². The Labute approximate surface area is 96.5 Å². The van der Waals surface area contributed by atoms with E-state index in [0.717, 1.165) is 17.8 Å². The van der Waals surface area contributed by atoms with E-state index in [1.54, 1.807) is 4.90 Å². The first-order valence-corrected chi connectivity index (χ1v) is 5.65. The van der Waals surface area contributed by atoms with E-state index in [9.17, 15) is 4.79 Å². The van der Waals surface area contributed by atoms with Gasteiger partial charge >= 0.3 is 0 Å². The van der Waals surface area contributed by atoms with Crippen molar-refractivity contribution in [3.05, 3.63) is 23.8 Å². The molecule has 0 spiro atoms. The standard InChI is InChI=1S/C13H18N2O/c1-5-9-7-6-8-10-11(9)15(4)12(16)13(2,3)14-10/h6-8,14H,5H2,1-4H3. The summed E-state index contributed by atoms with van der Waals surface area (Å²) in [6, 6.07) is 6.13. The van der Waals surface area contributed by atoms with Crippen molar-refractivity contribution in [2.45, 2.75) is 32.7 Å². The van der Waals surface area contributed by atoms with Crippen molar-refractivity contribution in [2.24, 2.45) is 0 Å². The monoisotopic (exact) mass is 218 g/mol. The zero-order valence-corrected chi connectivity index (χ0v) is 10.3. The molecule has 0 aromatic heterocycles. The van der Waals surface area contributed by atoms with Crippen LogP contribution >= 0.6 is 0 Å². The first-order valence-electron chi connectivity index (χ1n) is 5.65. The van der Waals surface area contributed by atoms with Gasteiger partial charge in [0, 0.05) is 7.05 Å². The normalized spacial score (nSPS) is 18.0. The quantitative estimate of drug-likeness (QED) is 0.785. The van der Waals surface area contributed by atoms with Crippen molar-refractivity contribution in [3.63, 3.8) is 0 Å². The summed E-state index contributed by atoms with van der Waals surface area (Å²) in [4.78, 5) is 13.9. The van der Waals surface area contributed by atoms with E-state index < -0.39 is 5.54 Å². The van der Waals surface area contributed by atoms with Crippen molar-refractivity contribution in [1.29, 1.82) is 0 Å². The molecule has 0 aliphatic carbocycles. The fraction of sp³-hybridized carbons (Fsp3) is 0.462. The number of carbonyl (C=O) groups is 1. The number of fused-ring (bicyclic) bond motifs is 1. The maximum atomic E-state index is 12.1. The van der Waals surface area contributed by atoms with E-state index in [0.29, 0.717) is 0 Å². The van der Waals surface area contributed by atoms with Gasteiger partial charge in [-0.05, 0) is 31.9 Å². The molecule has 2 rings (SSSR count). The second-order valence-corrected chi connectivity index (χ2v) is 4.78. The molecule has 1 heterocycles. The van der Waals surface area contributed by atoms with Gasteiger partial charge in [-0.2, -0.15) is 0 Å². The lowest BCUT2D eigenvalue weighted by atomic mass is 9.96. The maximum absolute atomic E-state index is 12.1. The fourth-order valence-corrected chi connectivity index (χ4v) is 2.28. The molecule has 0 saturated heterocycles. The van der Waals surface area contributed by atoms with Crippen LogP contribution < -0.4 is 10.2 Å². The molecule has 0 bridgehead atoms. The number of aryl methyl sites for hydroxylation is 1. The Morgan fingerprint density at radius 3 is 2.69 bits per heavy atom. The van der Waals surface area contributed by atoms with Crippen LogP contribution in [0.4, 0.5) is 11.4 Å². The summed E-state index contributed by atoms with van der Waals surface area (Å²) in [6.07, 6.45) is 0.933. The Balaban J connectivity index is 2.59. The highest BCUT2D eigenvalue weighted by atomic mass is 16.2. The van der Waals surface area contributed by atoms with Gasteiger partial charge in [0.05, 0.1) is 11.4 Å². The highest BCUT2D eigenvalue weighted by molar-refractivity contribution is 6.07. The molecule has 1 aromatic carbocycles. The molecule has 86 valence electrons. The summed E-state index contributed by atoms with van der Waals surface area (Å²) in [7, 11) is 1.85. The number of hydrogen-bond donors (Lipinski definition) is 1. The largest absolute Gasteiger partial charge is 0.370 e. The van der Waals surface area contributed by atoms with E-state index in [1.165, 1.54) is 5.56 Å². The van der Waals surface area contributed by atoms with Gasteiger partial charge < -0.3 is 10.2 Å². The van der Waals surface area contributed by atoms with Gasteiger partial charge in [-0.15, -0.1) is 0 Å². The number of anilines is 2. The summed E-state index contributed by atoms with van der Waals surface area (Å²) in [6.45, 7) is 5.93. The Bertz CT molecular complexity index is 438. The van der Waals surface area contributed by atoms with Crippen LogP contribution in [0.25, 0.3) is 0 Å². The van der Waals surface area contributed by atoms with E-state index in [1.807, 2.05) is 33.0 Å². The second kappa shape index (κ2) is 3.51. The molecular weight excluding hydrogens is 200 g/mol. The molecule has 0 unspecified atom stereocenters. The van der Waals surface area contributed by atoms with E-state index in [4.69, 9.17) is 0 Å². The maximum Gasteiger partial charge on any atom is 0.251 e. The van der Waals surface area contributed by atoms with Crippen LogP contribution in [0.1, 0.15) is 26.3 Å². The molecule has 1 aliphatic heterocycles. The Kier molecular flexibility index (Phi) is 2.41. The molecule has 3 heteroatoms. The number of hydrogen-bond acceptors (Lipinski definition) is 2. The molecule has 1 aromatic rings. The van der Waals surface area contributed by atoms with Crippen molar-refractivity contribution in [3.8, 4) is 0 Å². The lowest BCUT2D eigenvalue weighted by molar-refractivity contribution is -0.121. The van der Waals surface area contributed by atoms with Gasteiger partial charge in [-0.1, -0.05) is 19.1 Å². The van der Waals surface area contributed by atoms with E-state index in [2.05, 4.69) is 18.3 Å². The zero-order chi connectivity index (χ0) is 11.9. The SMILES string of the molecule is CCc1cccc2c1N(C)C(=O)C(C)(C)N2. The zero-order valence-electron chi connectivity index (χ0n) is 10.3. The van der Waals surface area contributed by atoms with Crippen molar-refractivity contribution >= 4 is 17.3 Å². The molecule has 0 radical (unpaired) electrons. The Morgan fingerprint density at radius 2 is 2.06 bits per heavy atom. The third kappa shape index (κ3) is 1.47. The first-order chi connectivity index (χ1) is 7.47. The Hall–Kier alpha value is -1.51. The van der Waals surface area contributed by atoms with Crippen LogP contribution in [-0.2, 0) is 11.2 Å². The molecule has 1 N–H and O–H groups in total. The highest BCUT2D eigenvalue weighted by Crippen LogP contribution is 2.37. The molecule has 3 nitrogen and oxygen atoms in total. The first kappa shape index (κ1) is 11.0. The average Bonchev–Trinajstić information content (AvgIpc) is 2.24. The van der Waals surface area contributed by atoms with Crippen molar-refractivity contribution < 1.29 is 4.79 Å². The smallest absolute Gasteiger partial charge is 0.251 e. The summed E-state index contributed by atoms with van der Waals surface area (Å²) >= 11 is 0. The number of para-hydroxylation sites is 1. The van der Waals surface area contributed by atoms with Crippen LogP contribution in [0.2, 0.25) is 0 Å². The van der Waals surface area contributed by atoms with Crippen LogP contribution in [0.15, 0.2) is 18.2 Å². The average molecular weight is 218 g/mol. The fourth-order valence-electron chi connectivity index (χ4n) is 2.28. The number of nitrogens with one attached hydrogen (secondary N) is 1. The molecule has 0 fully saturated rings. The summed E-state index contributed by atoms with van der Waals surface area (Å²) < 4.78 is 0. The predicted octanol–water partition coefficient (Wildman–Crippen LogP) is 2.42. The minimum atomic E-state index is -0.520. The van der Waals surface area contributed by atoms with Crippen LogP contribution in [-0.4, -0.2) is 18.5 Å². The van der Waals surface area contributed by atoms with Gasteiger partial charge in [0.15, 0.2) is 0 Å². The lowest BCUT2D eigenvalue weighted by Gasteiger charge is -2.39. The van der Waals surface area contributed by atoms with E-state index in [-0.39, 0.29) is 5.91 Å². The summed E-state index contributed by atoms with van der Waals surface area (Å²) in [5.74, 6) is 0.112. The van der Waals surface area contributed by atoms with Crippen molar-refractivity contribution in [1.82, 2.24) is 0 Å². The third-order valence-corrected chi connectivity index (χ3v) is 3.12. The summed E-state index contributed by atoms with van der Waals surface area (Å²) in [5.41, 5.74) is 2.76. The van der Waals surface area contributed by atoms with Crippen molar-refractivity contribution in [2.75, 3.05) is 17.3 Å². The van der Waals surface area contributed by atoms with Crippen LogP contribution in [0.3, 0.4) is 0 Å². The summed E-state index contributed by atoms with van der Waals surface area (Å²) in [5, 5.41) is 3.30. The topological polar surface area (TPSA) is 32.3 Å². The van der Waals surface area contributed by atoms with Gasteiger partial charge in [0.1, 0.15) is 5.54 Å². The number of nitrogens with zero attached hydrogens (tertiary/aromatic N) is 1. The molecular formula is C13H18N2O. The van der Waals surface area contributed by atoms with Crippen LogP contribution in [0.5, 0.6) is 0 Å². The van der Waals surface area contributed by atoms with Gasteiger partial charge in [-0.3, -0.25) is 4.79 Å². The number of benzene rings is 1. The molecule has 1 amide bonds. The lowest BCUT2D eigenvalue weighted by Crippen LogP contribution is -2.52. The molecule has 1 aliphatic rings. The minimum Gasteiger partial charge on any atom is -0.370 e. The van der Waals surface area contributed by atoms with Crippen LogP contribution in [0, 0.1) is 0 Å². The van der Waals surface area contributed by atoms with E-state index >= 15 is 0 Å². The third-order valence-electron chi connectivity index (χ3n) is 3.12. The number of amides is 1. The predicted molar refractivity (Wildman–Crippen MR) is 66.9 cm³/mol. The number of rotatable bonds is 1. The minimum absolute atomic E-state index is 0.112. The molecule has 0 atom stereocenters. The highest BCUT2D eigenvalue weighted by Gasteiger charge is 2.37. The second-order valence-electron chi connectivity index (χ2n) is 4.78. The number of likely N-dealkylation sites (N-methyl/N-ethyl adjacent to an activating group) is 1. The molecule has 16 heavy (non-hydrogen) atoms. The number of carbonyl (C=O) groups excluding carboxylic acids is 1. The Morgan fingerprint density at radius 1 is 1.38 bits per heavy atom. The van der Waals surface area contributed by atoms with Gasteiger partial charge in [0.2, 0.25) is 0 Å². The van der Waals surface area contributed by atoms with Gasteiger partial charge in [0.25, 0.3) is 5.91 Å².